The Kier molecular flexibility index (Phi) is 6.19. The maximum absolute atomic E-state index is 12.6. The Morgan fingerprint density at radius 1 is 1.07 bits per heavy atom. The first kappa shape index (κ1) is 19.0. The van der Waals surface area contributed by atoms with Crippen LogP contribution in [0.5, 0.6) is 11.5 Å². The van der Waals surface area contributed by atoms with Gasteiger partial charge in [-0.3, -0.25) is 0 Å². The number of fused-ring (bicyclic) bond motifs is 1. The molecule has 0 aromatic heterocycles. The summed E-state index contributed by atoms with van der Waals surface area (Å²) in [5, 5.41) is 2.99. The van der Waals surface area contributed by atoms with E-state index in [9.17, 15) is 4.79 Å². The van der Waals surface area contributed by atoms with E-state index in [-0.39, 0.29) is 12.1 Å². The van der Waals surface area contributed by atoms with Gasteiger partial charge in [0.15, 0.2) is 11.5 Å². The molecule has 2 aromatic rings. The topological polar surface area (TPSA) is 60.0 Å². The molecule has 27 heavy (non-hydrogen) atoms. The fourth-order valence-electron chi connectivity index (χ4n) is 3.35. The molecular formula is C21H26N2O4. The number of carbonyl (C=O) groups is 1. The van der Waals surface area contributed by atoms with Crippen LogP contribution in [0.3, 0.4) is 0 Å². The van der Waals surface area contributed by atoms with Gasteiger partial charge < -0.3 is 24.4 Å². The van der Waals surface area contributed by atoms with Crippen LogP contribution >= 0.6 is 0 Å². The van der Waals surface area contributed by atoms with Crippen LogP contribution in [0, 0.1) is 0 Å². The first-order valence-electron chi connectivity index (χ1n) is 9.00. The SMILES string of the molecule is COc1cc2c(cc1OC)CN(C(=O)NCC(OC)c1ccccc1)CC2. The van der Waals surface area contributed by atoms with Gasteiger partial charge in [-0.1, -0.05) is 30.3 Å². The maximum Gasteiger partial charge on any atom is 0.317 e. The van der Waals surface area contributed by atoms with Gasteiger partial charge in [0.25, 0.3) is 0 Å². The van der Waals surface area contributed by atoms with Crippen molar-refractivity contribution < 1.29 is 19.0 Å². The molecule has 0 aliphatic carbocycles. The molecule has 2 amide bonds. The third-order valence-electron chi connectivity index (χ3n) is 4.90. The predicted molar refractivity (Wildman–Crippen MR) is 103 cm³/mol. The molecule has 1 aliphatic rings. The average molecular weight is 370 g/mol. The van der Waals surface area contributed by atoms with E-state index < -0.39 is 0 Å². The Balaban J connectivity index is 1.63. The lowest BCUT2D eigenvalue weighted by atomic mass is 9.99. The molecule has 0 saturated carbocycles. The van der Waals surface area contributed by atoms with E-state index in [1.807, 2.05) is 47.4 Å². The number of hydrogen-bond donors (Lipinski definition) is 1. The number of methoxy groups -OCH3 is 3. The zero-order valence-corrected chi connectivity index (χ0v) is 16.0. The second-order valence-electron chi connectivity index (χ2n) is 6.47. The van der Waals surface area contributed by atoms with Gasteiger partial charge in [-0.2, -0.15) is 0 Å². The number of rotatable bonds is 6. The molecule has 6 heteroatoms. The van der Waals surface area contributed by atoms with Crippen molar-refractivity contribution in [1.82, 2.24) is 10.2 Å². The number of benzene rings is 2. The average Bonchev–Trinajstić information content (AvgIpc) is 2.73. The number of urea groups is 1. The number of nitrogens with one attached hydrogen (secondary N) is 1. The van der Waals surface area contributed by atoms with Crippen molar-refractivity contribution in [3.8, 4) is 11.5 Å². The van der Waals surface area contributed by atoms with Gasteiger partial charge in [0.05, 0.1) is 20.3 Å². The molecule has 0 spiro atoms. The third-order valence-corrected chi connectivity index (χ3v) is 4.90. The molecule has 1 N–H and O–H groups in total. The van der Waals surface area contributed by atoms with Crippen molar-refractivity contribution in [1.29, 1.82) is 0 Å². The summed E-state index contributed by atoms with van der Waals surface area (Å²) in [5.74, 6) is 1.40. The summed E-state index contributed by atoms with van der Waals surface area (Å²) in [4.78, 5) is 14.5. The molecule has 6 nitrogen and oxygen atoms in total. The smallest absolute Gasteiger partial charge is 0.317 e. The first-order chi connectivity index (χ1) is 13.2. The lowest BCUT2D eigenvalue weighted by Crippen LogP contribution is -2.44. The Morgan fingerprint density at radius 3 is 2.37 bits per heavy atom. The molecule has 0 fully saturated rings. The second kappa shape index (κ2) is 8.77. The monoisotopic (exact) mass is 370 g/mol. The molecule has 0 saturated heterocycles. The second-order valence-corrected chi connectivity index (χ2v) is 6.47. The maximum atomic E-state index is 12.6. The van der Waals surface area contributed by atoms with Crippen molar-refractivity contribution in [2.24, 2.45) is 0 Å². The summed E-state index contributed by atoms with van der Waals surface area (Å²) < 4.78 is 16.3. The van der Waals surface area contributed by atoms with E-state index in [2.05, 4.69) is 5.32 Å². The Labute approximate surface area is 160 Å². The highest BCUT2D eigenvalue weighted by atomic mass is 16.5. The van der Waals surface area contributed by atoms with Crippen molar-refractivity contribution in [3.05, 3.63) is 59.2 Å². The van der Waals surface area contributed by atoms with Crippen LogP contribution in [-0.4, -0.2) is 45.3 Å². The first-order valence-corrected chi connectivity index (χ1v) is 9.00. The van der Waals surface area contributed by atoms with Gasteiger partial charge in [0, 0.05) is 26.7 Å². The molecule has 0 bridgehead atoms. The highest BCUT2D eigenvalue weighted by molar-refractivity contribution is 5.74. The lowest BCUT2D eigenvalue weighted by Gasteiger charge is -2.30. The molecule has 1 atom stereocenters. The minimum Gasteiger partial charge on any atom is -0.493 e. The highest BCUT2D eigenvalue weighted by Crippen LogP contribution is 2.33. The normalized spacial score (nSPS) is 14.3. The van der Waals surface area contributed by atoms with Gasteiger partial charge in [0.2, 0.25) is 0 Å². The molecule has 1 unspecified atom stereocenters. The summed E-state index contributed by atoms with van der Waals surface area (Å²) in [6.45, 7) is 1.64. The van der Waals surface area contributed by atoms with Gasteiger partial charge >= 0.3 is 6.03 Å². The van der Waals surface area contributed by atoms with E-state index in [0.29, 0.717) is 25.4 Å². The van der Waals surface area contributed by atoms with Gasteiger partial charge in [-0.25, -0.2) is 4.79 Å². The quantitative estimate of drug-likeness (QED) is 0.849. The summed E-state index contributed by atoms with van der Waals surface area (Å²) >= 11 is 0. The Morgan fingerprint density at radius 2 is 1.74 bits per heavy atom. The standard InChI is InChI=1S/C21H26N2O4/c1-25-18-11-16-9-10-23(14-17(16)12-19(18)26-2)21(24)22-13-20(27-3)15-7-5-4-6-8-15/h4-8,11-12,20H,9-10,13-14H2,1-3H3,(H,22,24). The predicted octanol–water partition coefficient (Wildman–Crippen LogP) is 3.16. The number of ether oxygens (including phenoxy) is 3. The largest absolute Gasteiger partial charge is 0.493 e. The van der Waals surface area contributed by atoms with Crippen LogP contribution in [0.1, 0.15) is 22.8 Å². The van der Waals surface area contributed by atoms with E-state index >= 15 is 0 Å². The van der Waals surface area contributed by atoms with E-state index in [1.165, 1.54) is 5.56 Å². The molecule has 0 radical (unpaired) electrons. The number of hydrogen-bond acceptors (Lipinski definition) is 4. The van der Waals surface area contributed by atoms with Gasteiger partial charge in [-0.05, 0) is 35.2 Å². The number of amides is 2. The highest BCUT2D eigenvalue weighted by Gasteiger charge is 2.23. The van der Waals surface area contributed by atoms with Crippen molar-refractivity contribution in [2.45, 2.75) is 19.1 Å². The lowest BCUT2D eigenvalue weighted by molar-refractivity contribution is 0.101. The Bertz CT molecular complexity index is 779. The Hall–Kier alpha value is -2.73. The molecule has 2 aromatic carbocycles. The summed E-state index contributed by atoms with van der Waals surface area (Å²) in [5.41, 5.74) is 3.32. The van der Waals surface area contributed by atoms with Crippen molar-refractivity contribution in [2.75, 3.05) is 34.4 Å². The van der Waals surface area contributed by atoms with Gasteiger partial charge in [-0.15, -0.1) is 0 Å². The molecule has 3 rings (SSSR count). The minimum absolute atomic E-state index is 0.0894. The zero-order chi connectivity index (χ0) is 19.2. The summed E-state index contributed by atoms with van der Waals surface area (Å²) in [6, 6.07) is 13.7. The van der Waals surface area contributed by atoms with Crippen LogP contribution in [0.15, 0.2) is 42.5 Å². The van der Waals surface area contributed by atoms with Crippen LogP contribution < -0.4 is 14.8 Å². The molecular weight excluding hydrogens is 344 g/mol. The van der Waals surface area contributed by atoms with Crippen molar-refractivity contribution >= 4 is 6.03 Å². The molecule has 1 heterocycles. The number of carbonyl (C=O) groups excluding carboxylic acids is 1. The van der Waals surface area contributed by atoms with E-state index in [0.717, 1.165) is 23.3 Å². The van der Waals surface area contributed by atoms with Crippen LogP contribution in [0.2, 0.25) is 0 Å². The summed E-state index contributed by atoms with van der Waals surface area (Å²) in [6.07, 6.45) is 0.617. The fourth-order valence-corrected chi connectivity index (χ4v) is 3.35. The minimum atomic E-state index is -0.170. The van der Waals surface area contributed by atoms with Crippen molar-refractivity contribution in [3.63, 3.8) is 0 Å². The zero-order valence-electron chi connectivity index (χ0n) is 16.0. The molecule has 1 aliphatic heterocycles. The third kappa shape index (κ3) is 4.34. The van der Waals surface area contributed by atoms with Crippen LogP contribution in [0.25, 0.3) is 0 Å². The van der Waals surface area contributed by atoms with E-state index in [4.69, 9.17) is 14.2 Å². The fraction of sp³-hybridized carbons (Fsp3) is 0.381. The summed E-state index contributed by atoms with van der Waals surface area (Å²) in [7, 11) is 4.90. The van der Waals surface area contributed by atoms with E-state index in [1.54, 1.807) is 21.3 Å². The van der Waals surface area contributed by atoms with Crippen LogP contribution in [0.4, 0.5) is 4.79 Å². The molecule has 144 valence electrons. The van der Waals surface area contributed by atoms with Crippen LogP contribution in [-0.2, 0) is 17.7 Å². The number of nitrogens with zero attached hydrogens (tertiary/aromatic N) is 1. The van der Waals surface area contributed by atoms with Gasteiger partial charge in [0.1, 0.15) is 0 Å².